The van der Waals surface area contributed by atoms with E-state index in [-0.39, 0.29) is 12.0 Å². The van der Waals surface area contributed by atoms with Crippen molar-refractivity contribution in [2.75, 3.05) is 33.4 Å². The molecule has 1 aliphatic rings. The molecule has 1 saturated heterocycles. The minimum absolute atomic E-state index is 0.0342. The van der Waals surface area contributed by atoms with Crippen LogP contribution in [0.25, 0.3) is 0 Å². The number of ether oxygens (including phenoxy) is 1. The van der Waals surface area contributed by atoms with Crippen molar-refractivity contribution in [1.82, 2.24) is 9.03 Å². The average Bonchev–Trinajstić information content (AvgIpc) is 2.29. The first-order chi connectivity index (χ1) is 7.97. The molecule has 0 aromatic heterocycles. The number of nitrogens with one attached hydrogen (secondary N) is 1. The first kappa shape index (κ1) is 14.8. The van der Waals surface area contributed by atoms with Crippen LogP contribution in [0.3, 0.4) is 0 Å². The molecular weight excluding hydrogens is 242 g/mol. The van der Waals surface area contributed by atoms with Crippen molar-refractivity contribution in [1.29, 1.82) is 0 Å². The summed E-state index contributed by atoms with van der Waals surface area (Å²) in [6, 6.07) is 0.0342. The Labute approximate surface area is 104 Å². The van der Waals surface area contributed by atoms with Crippen molar-refractivity contribution >= 4 is 10.2 Å². The third kappa shape index (κ3) is 4.51. The third-order valence-corrected chi connectivity index (χ3v) is 4.68. The molecule has 2 atom stereocenters. The Morgan fingerprint density at radius 2 is 2.29 bits per heavy atom. The van der Waals surface area contributed by atoms with Crippen LogP contribution in [0, 0.1) is 5.92 Å². The molecule has 0 amide bonds. The van der Waals surface area contributed by atoms with Gasteiger partial charge in [0.15, 0.2) is 0 Å². The summed E-state index contributed by atoms with van der Waals surface area (Å²) in [7, 11) is -1.83. The van der Waals surface area contributed by atoms with Gasteiger partial charge in [-0.1, -0.05) is 0 Å². The normalized spacial score (nSPS) is 24.8. The van der Waals surface area contributed by atoms with Gasteiger partial charge in [-0.05, 0) is 25.7 Å². The van der Waals surface area contributed by atoms with Gasteiger partial charge < -0.3 is 10.5 Å². The van der Waals surface area contributed by atoms with Crippen molar-refractivity contribution in [3.8, 4) is 0 Å². The summed E-state index contributed by atoms with van der Waals surface area (Å²) < 4.78 is 32.7. The monoisotopic (exact) mass is 265 g/mol. The predicted molar refractivity (Wildman–Crippen MR) is 66.7 cm³/mol. The average molecular weight is 265 g/mol. The highest BCUT2D eigenvalue weighted by Gasteiger charge is 2.29. The van der Waals surface area contributed by atoms with E-state index in [4.69, 9.17) is 10.5 Å². The number of methoxy groups -OCH3 is 1. The Morgan fingerprint density at radius 3 is 2.88 bits per heavy atom. The van der Waals surface area contributed by atoms with Crippen LogP contribution in [0.4, 0.5) is 0 Å². The molecule has 0 aromatic carbocycles. The highest BCUT2D eigenvalue weighted by Crippen LogP contribution is 2.20. The molecule has 2 unspecified atom stereocenters. The van der Waals surface area contributed by atoms with Gasteiger partial charge in [-0.3, -0.25) is 0 Å². The summed E-state index contributed by atoms with van der Waals surface area (Å²) in [4.78, 5) is 0. The van der Waals surface area contributed by atoms with Crippen LogP contribution < -0.4 is 10.5 Å². The third-order valence-electron chi connectivity index (χ3n) is 3.09. The molecule has 0 saturated carbocycles. The molecule has 7 heteroatoms. The standard InChI is InChI=1S/C10H23N3O3S/c1-9(11)10-4-3-6-13(8-10)17(14,15)12-5-7-16-2/h9-10,12H,3-8,11H2,1-2H3. The molecule has 102 valence electrons. The lowest BCUT2D eigenvalue weighted by Gasteiger charge is -2.33. The zero-order chi connectivity index (χ0) is 12.9. The number of nitrogens with two attached hydrogens (primary N) is 1. The molecule has 0 spiro atoms. The van der Waals surface area contributed by atoms with E-state index in [0.29, 0.717) is 26.2 Å². The van der Waals surface area contributed by atoms with Crippen molar-refractivity contribution in [3.05, 3.63) is 0 Å². The molecule has 3 N–H and O–H groups in total. The van der Waals surface area contributed by atoms with Gasteiger partial charge in [0.25, 0.3) is 10.2 Å². The number of hydrogen-bond acceptors (Lipinski definition) is 4. The first-order valence-corrected chi connectivity index (χ1v) is 7.40. The Hall–Kier alpha value is -0.210. The fraction of sp³-hybridized carbons (Fsp3) is 1.00. The second kappa shape index (κ2) is 6.65. The number of piperidine rings is 1. The molecule has 0 bridgehead atoms. The smallest absolute Gasteiger partial charge is 0.279 e. The van der Waals surface area contributed by atoms with E-state index in [1.807, 2.05) is 6.92 Å². The van der Waals surface area contributed by atoms with Gasteiger partial charge in [0.1, 0.15) is 0 Å². The molecule has 1 rings (SSSR count). The highest BCUT2D eigenvalue weighted by atomic mass is 32.2. The van der Waals surface area contributed by atoms with Crippen LogP contribution in [0.5, 0.6) is 0 Å². The molecule has 6 nitrogen and oxygen atoms in total. The Kier molecular flexibility index (Phi) is 5.81. The fourth-order valence-corrected chi connectivity index (χ4v) is 3.27. The fourth-order valence-electron chi connectivity index (χ4n) is 1.99. The summed E-state index contributed by atoms with van der Waals surface area (Å²) in [5.74, 6) is 0.253. The van der Waals surface area contributed by atoms with Crippen LogP contribution >= 0.6 is 0 Å². The van der Waals surface area contributed by atoms with E-state index < -0.39 is 10.2 Å². The van der Waals surface area contributed by atoms with Crippen LogP contribution in [0.1, 0.15) is 19.8 Å². The Balaban J connectivity index is 2.52. The van der Waals surface area contributed by atoms with E-state index in [1.165, 1.54) is 4.31 Å². The van der Waals surface area contributed by atoms with E-state index in [1.54, 1.807) is 7.11 Å². The highest BCUT2D eigenvalue weighted by molar-refractivity contribution is 7.87. The van der Waals surface area contributed by atoms with E-state index in [9.17, 15) is 8.42 Å². The first-order valence-electron chi connectivity index (χ1n) is 5.96. The van der Waals surface area contributed by atoms with Gasteiger partial charge in [0.05, 0.1) is 6.61 Å². The maximum absolute atomic E-state index is 11.9. The van der Waals surface area contributed by atoms with Gasteiger partial charge in [-0.25, -0.2) is 0 Å². The van der Waals surface area contributed by atoms with E-state index in [2.05, 4.69) is 4.72 Å². The lowest BCUT2D eigenvalue weighted by molar-refractivity contribution is 0.202. The summed E-state index contributed by atoms with van der Waals surface area (Å²) in [5.41, 5.74) is 5.83. The quantitative estimate of drug-likeness (QED) is 0.636. The second-order valence-corrected chi connectivity index (χ2v) is 6.27. The number of nitrogens with zero attached hydrogens (tertiary/aromatic N) is 1. The second-order valence-electron chi connectivity index (χ2n) is 4.51. The molecule has 17 heavy (non-hydrogen) atoms. The maximum Gasteiger partial charge on any atom is 0.279 e. The molecule has 0 aromatic rings. The van der Waals surface area contributed by atoms with Gasteiger partial charge in [0.2, 0.25) is 0 Å². The summed E-state index contributed by atoms with van der Waals surface area (Å²) in [6.07, 6.45) is 1.87. The summed E-state index contributed by atoms with van der Waals surface area (Å²) in [5, 5.41) is 0. The molecular formula is C10H23N3O3S. The van der Waals surface area contributed by atoms with Gasteiger partial charge in [-0.2, -0.15) is 17.4 Å². The Morgan fingerprint density at radius 1 is 1.59 bits per heavy atom. The van der Waals surface area contributed by atoms with Crippen molar-refractivity contribution < 1.29 is 13.2 Å². The zero-order valence-electron chi connectivity index (χ0n) is 10.6. The largest absolute Gasteiger partial charge is 0.383 e. The van der Waals surface area contributed by atoms with Crippen molar-refractivity contribution in [2.45, 2.75) is 25.8 Å². The minimum Gasteiger partial charge on any atom is -0.383 e. The minimum atomic E-state index is -3.37. The lowest BCUT2D eigenvalue weighted by atomic mass is 9.93. The van der Waals surface area contributed by atoms with Gasteiger partial charge in [0, 0.05) is 32.8 Å². The van der Waals surface area contributed by atoms with Crippen LogP contribution in [-0.2, 0) is 14.9 Å². The van der Waals surface area contributed by atoms with Crippen molar-refractivity contribution in [2.24, 2.45) is 11.7 Å². The van der Waals surface area contributed by atoms with E-state index in [0.717, 1.165) is 12.8 Å². The molecule has 1 fully saturated rings. The van der Waals surface area contributed by atoms with Crippen LogP contribution in [0.15, 0.2) is 0 Å². The zero-order valence-corrected chi connectivity index (χ0v) is 11.4. The maximum atomic E-state index is 11.9. The molecule has 0 aliphatic carbocycles. The lowest BCUT2D eigenvalue weighted by Crippen LogP contribution is -2.49. The number of rotatable bonds is 6. The van der Waals surface area contributed by atoms with Gasteiger partial charge >= 0.3 is 0 Å². The SMILES string of the molecule is COCCNS(=O)(=O)N1CCCC(C(C)N)C1. The summed E-state index contributed by atoms with van der Waals surface area (Å²) in [6.45, 7) is 3.70. The van der Waals surface area contributed by atoms with Crippen LogP contribution in [-0.4, -0.2) is 52.1 Å². The predicted octanol–water partition coefficient (Wildman–Crippen LogP) is -0.474. The summed E-state index contributed by atoms with van der Waals surface area (Å²) >= 11 is 0. The Bertz CT molecular complexity index is 319. The molecule has 1 aliphatic heterocycles. The topological polar surface area (TPSA) is 84.7 Å². The molecule has 1 heterocycles. The van der Waals surface area contributed by atoms with Crippen LogP contribution in [0.2, 0.25) is 0 Å². The van der Waals surface area contributed by atoms with Gasteiger partial charge in [-0.15, -0.1) is 0 Å². The number of hydrogen-bond donors (Lipinski definition) is 2. The van der Waals surface area contributed by atoms with E-state index >= 15 is 0 Å². The molecule has 0 radical (unpaired) electrons. The van der Waals surface area contributed by atoms with Crippen molar-refractivity contribution in [3.63, 3.8) is 0 Å².